The molecule has 0 spiro atoms. The number of nitrogens with zero attached hydrogens (tertiary/aromatic N) is 1. The Morgan fingerprint density at radius 2 is 1.68 bits per heavy atom. The number of carboxylic acids is 1. The van der Waals surface area contributed by atoms with Crippen molar-refractivity contribution in [1.82, 2.24) is 10.3 Å². The average Bonchev–Trinajstić information content (AvgIpc) is 2.86. The van der Waals surface area contributed by atoms with Crippen LogP contribution in [-0.4, -0.2) is 51.5 Å². The number of carbonyl (C=O) groups excluding carboxylic acids is 2. The zero-order valence-corrected chi connectivity index (χ0v) is 20.7. The van der Waals surface area contributed by atoms with E-state index in [0.29, 0.717) is 11.3 Å². The molecule has 0 bridgehead atoms. The van der Waals surface area contributed by atoms with Gasteiger partial charge in [0, 0.05) is 11.1 Å². The van der Waals surface area contributed by atoms with E-state index in [1.807, 2.05) is 20.8 Å². The van der Waals surface area contributed by atoms with E-state index in [1.165, 1.54) is 30.5 Å². The number of aliphatic hydroxyl groups excluding tert-OH is 1. The Kier molecular flexibility index (Phi) is 8.04. The first-order chi connectivity index (χ1) is 17.4. The maximum Gasteiger partial charge on any atom is 0.336 e. The fourth-order valence-electron chi connectivity index (χ4n) is 3.62. The fraction of sp³-hybridized carbons (Fsp3) is 0.222. The van der Waals surface area contributed by atoms with E-state index in [0.717, 1.165) is 0 Å². The van der Waals surface area contributed by atoms with E-state index in [4.69, 9.17) is 11.1 Å². The summed E-state index contributed by atoms with van der Waals surface area (Å²) in [5.41, 5.74) is 6.42. The molecule has 0 unspecified atom stereocenters. The number of nitrogens with two attached hydrogens (primary N) is 1. The number of nitrogens with one attached hydrogen (secondary N) is 3. The van der Waals surface area contributed by atoms with E-state index in [9.17, 15) is 24.6 Å². The molecule has 1 heterocycles. The van der Waals surface area contributed by atoms with E-state index in [-0.39, 0.29) is 40.4 Å². The smallest absolute Gasteiger partial charge is 0.336 e. The van der Waals surface area contributed by atoms with Gasteiger partial charge in [-0.1, -0.05) is 45.0 Å². The average molecular weight is 504 g/mol. The van der Waals surface area contributed by atoms with Crippen LogP contribution < -0.4 is 16.4 Å². The van der Waals surface area contributed by atoms with Gasteiger partial charge in [-0.05, 0) is 46.9 Å². The number of rotatable bonds is 8. The highest BCUT2D eigenvalue weighted by atomic mass is 16.4. The summed E-state index contributed by atoms with van der Waals surface area (Å²) in [6.45, 7) is 5.34. The molecular weight excluding hydrogens is 474 g/mol. The highest BCUT2D eigenvalue weighted by Crippen LogP contribution is 2.29. The lowest BCUT2D eigenvalue weighted by molar-refractivity contribution is 0.0697. The minimum atomic E-state index is -1.27. The van der Waals surface area contributed by atoms with Crippen molar-refractivity contribution in [2.75, 3.05) is 11.9 Å². The van der Waals surface area contributed by atoms with E-state index < -0.39 is 29.2 Å². The predicted octanol–water partition coefficient (Wildman–Crippen LogP) is 3.12. The van der Waals surface area contributed by atoms with Crippen LogP contribution in [0.1, 0.15) is 57.5 Å². The van der Waals surface area contributed by atoms with Crippen molar-refractivity contribution in [2.45, 2.75) is 26.8 Å². The molecule has 3 rings (SSSR count). The van der Waals surface area contributed by atoms with Gasteiger partial charge in [-0.15, -0.1) is 0 Å². The highest BCUT2D eigenvalue weighted by Gasteiger charge is 2.27. The summed E-state index contributed by atoms with van der Waals surface area (Å²) in [4.78, 5) is 42.1. The Morgan fingerprint density at radius 1 is 1.00 bits per heavy atom. The second-order valence-electron chi connectivity index (χ2n) is 9.49. The summed E-state index contributed by atoms with van der Waals surface area (Å²) >= 11 is 0. The molecule has 0 saturated heterocycles. The number of hydrogen-bond donors (Lipinski definition) is 6. The molecule has 10 nitrogen and oxygen atoms in total. The quantitative estimate of drug-likeness (QED) is 0.202. The topological polar surface area (TPSA) is 178 Å². The van der Waals surface area contributed by atoms with Gasteiger partial charge in [-0.3, -0.25) is 20.0 Å². The maximum absolute atomic E-state index is 13.1. The third-order valence-electron chi connectivity index (χ3n) is 5.80. The minimum absolute atomic E-state index is 0.113. The van der Waals surface area contributed by atoms with Crippen LogP contribution in [0.15, 0.2) is 60.8 Å². The Bertz CT molecular complexity index is 1350. The summed E-state index contributed by atoms with van der Waals surface area (Å²) in [6, 6.07) is 13.2. The van der Waals surface area contributed by atoms with Crippen molar-refractivity contribution in [1.29, 1.82) is 5.41 Å². The van der Waals surface area contributed by atoms with Crippen LogP contribution in [0.2, 0.25) is 0 Å². The van der Waals surface area contributed by atoms with Gasteiger partial charge in [0.15, 0.2) is 0 Å². The fourth-order valence-corrected chi connectivity index (χ4v) is 3.62. The molecule has 1 aromatic heterocycles. The van der Waals surface area contributed by atoms with Crippen LogP contribution in [0.4, 0.5) is 5.69 Å². The number of benzene rings is 2. The molecule has 0 aliphatic rings. The molecule has 2 amide bonds. The number of pyridine rings is 1. The molecule has 0 aliphatic heterocycles. The third-order valence-corrected chi connectivity index (χ3v) is 5.80. The van der Waals surface area contributed by atoms with Crippen molar-refractivity contribution in [3.63, 3.8) is 0 Å². The first kappa shape index (κ1) is 27.0. The summed E-state index contributed by atoms with van der Waals surface area (Å²) in [7, 11) is 0. The summed E-state index contributed by atoms with van der Waals surface area (Å²) in [6.07, 6.45) is 1.37. The number of carbonyl (C=O) groups is 3. The first-order valence-electron chi connectivity index (χ1n) is 11.4. The maximum atomic E-state index is 13.1. The van der Waals surface area contributed by atoms with Crippen LogP contribution in [0.25, 0.3) is 11.1 Å². The SMILES string of the molecule is CC(C)(C)[C@@H](CO)NC(=O)c1ccc(-c2ccccc2C(=O)Nc2ccc(C(=N)N)nc2)c(C(=O)O)c1. The molecule has 1 atom stereocenters. The first-order valence-corrected chi connectivity index (χ1v) is 11.4. The number of amides is 2. The van der Waals surface area contributed by atoms with E-state index >= 15 is 0 Å². The predicted molar refractivity (Wildman–Crippen MR) is 140 cm³/mol. The van der Waals surface area contributed by atoms with Crippen molar-refractivity contribution in [2.24, 2.45) is 11.1 Å². The summed E-state index contributed by atoms with van der Waals surface area (Å²) in [5, 5.41) is 32.4. The lowest BCUT2D eigenvalue weighted by Gasteiger charge is -2.29. The molecule has 0 fully saturated rings. The number of amidine groups is 1. The second-order valence-corrected chi connectivity index (χ2v) is 9.49. The largest absolute Gasteiger partial charge is 0.478 e. The Morgan fingerprint density at radius 3 is 2.24 bits per heavy atom. The van der Waals surface area contributed by atoms with Crippen molar-refractivity contribution < 1.29 is 24.6 Å². The lowest BCUT2D eigenvalue weighted by atomic mass is 9.87. The normalized spacial score (nSPS) is 11.9. The molecule has 192 valence electrons. The zero-order chi connectivity index (χ0) is 27.3. The van der Waals surface area contributed by atoms with Crippen LogP contribution >= 0.6 is 0 Å². The lowest BCUT2D eigenvalue weighted by Crippen LogP contribution is -2.46. The van der Waals surface area contributed by atoms with Gasteiger partial charge in [0.05, 0.1) is 30.1 Å². The molecule has 0 aliphatic carbocycles. The summed E-state index contributed by atoms with van der Waals surface area (Å²) < 4.78 is 0. The van der Waals surface area contributed by atoms with Crippen molar-refractivity contribution in [3.8, 4) is 11.1 Å². The Labute approximate surface area is 214 Å². The number of hydrogen-bond acceptors (Lipinski definition) is 6. The molecule has 2 aromatic carbocycles. The Balaban J connectivity index is 1.95. The molecule has 7 N–H and O–H groups in total. The van der Waals surface area contributed by atoms with Gasteiger partial charge in [-0.2, -0.15) is 0 Å². The number of carboxylic acid groups (broad SMARTS) is 1. The minimum Gasteiger partial charge on any atom is -0.478 e. The number of aromatic carboxylic acids is 1. The number of aliphatic hydroxyl groups is 1. The molecule has 37 heavy (non-hydrogen) atoms. The van der Waals surface area contributed by atoms with Gasteiger partial charge in [0.2, 0.25) is 0 Å². The van der Waals surface area contributed by atoms with Crippen LogP contribution in [0, 0.1) is 10.8 Å². The molecule has 3 aromatic rings. The molecule has 10 heteroatoms. The van der Waals surface area contributed by atoms with E-state index in [2.05, 4.69) is 15.6 Å². The number of anilines is 1. The molecular formula is C27H29N5O5. The van der Waals surface area contributed by atoms with Crippen molar-refractivity contribution in [3.05, 3.63) is 83.2 Å². The standard InChI is InChI=1S/C27H29N5O5/c1-27(2,3)22(14-33)32-24(34)15-8-10-18(20(12-15)26(36)37)17-6-4-5-7-19(17)25(35)31-16-9-11-21(23(28)29)30-13-16/h4-13,22,33H,14H2,1-3H3,(H3,28,29)(H,31,35)(H,32,34)(H,36,37)/t22-/m1/s1. The van der Waals surface area contributed by atoms with E-state index in [1.54, 1.807) is 30.3 Å². The highest BCUT2D eigenvalue weighted by molar-refractivity contribution is 6.11. The van der Waals surface area contributed by atoms with Crippen LogP contribution in [-0.2, 0) is 0 Å². The van der Waals surface area contributed by atoms with Gasteiger partial charge in [0.25, 0.3) is 11.8 Å². The molecule has 0 radical (unpaired) electrons. The van der Waals surface area contributed by atoms with Crippen LogP contribution in [0.5, 0.6) is 0 Å². The van der Waals surface area contributed by atoms with Gasteiger partial charge < -0.3 is 26.6 Å². The van der Waals surface area contributed by atoms with Crippen LogP contribution in [0.3, 0.4) is 0 Å². The van der Waals surface area contributed by atoms with Crippen molar-refractivity contribution >= 4 is 29.3 Å². The molecule has 0 saturated carbocycles. The monoisotopic (exact) mass is 503 g/mol. The van der Waals surface area contributed by atoms with Gasteiger partial charge in [0.1, 0.15) is 11.5 Å². The third kappa shape index (κ3) is 6.36. The van der Waals surface area contributed by atoms with Gasteiger partial charge >= 0.3 is 5.97 Å². The summed E-state index contributed by atoms with van der Waals surface area (Å²) in [5.74, 6) is -2.48. The number of aromatic nitrogens is 1. The zero-order valence-electron chi connectivity index (χ0n) is 20.7. The second kappa shape index (κ2) is 11.0. The Hall–Kier alpha value is -4.57. The number of nitrogen functional groups attached to an aromatic ring is 1. The van der Waals surface area contributed by atoms with Gasteiger partial charge in [-0.25, -0.2) is 4.79 Å².